The van der Waals surface area contributed by atoms with Crippen LogP contribution in [0, 0.1) is 0 Å². The summed E-state index contributed by atoms with van der Waals surface area (Å²) in [6, 6.07) is 3.59. The molecule has 1 heterocycles. The highest BCUT2D eigenvalue weighted by molar-refractivity contribution is 7.03. The topological polar surface area (TPSA) is 112 Å². The molecule has 92 valence electrons. The van der Waals surface area contributed by atoms with Crippen molar-refractivity contribution in [3.63, 3.8) is 0 Å². The summed E-state index contributed by atoms with van der Waals surface area (Å²) in [5.74, 6) is -1.95. The molecule has 1 aromatic heterocycles. The van der Waals surface area contributed by atoms with Crippen LogP contribution in [0.5, 0.6) is 5.75 Å². The minimum Gasteiger partial charge on any atom is -0.506 e. The molecule has 2 aromatic rings. The van der Waals surface area contributed by atoms with Gasteiger partial charge in [-0.2, -0.15) is 0 Å². The molecular formula is C10H7N3O4S. The van der Waals surface area contributed by atoms with Crippen molar-refractivity contribution in [1.29, 1.82) is 0 Å². The lowest BCUT2D eigenvalue weighted by molar-refractivity contribution is 0.0696. The number of carbonyl (C=O) groups excluding carboxylic acids is 1. The number of carbonyl (C=O) groups is 2. The first-order chi connectivity index (χ1) is 8.58. The van der Waals surface area contributed by atoms with Gasteiger partial charge in [-0.3, -0.25) is 4.79 Å². The third-order valence-corrected chi connectivity index (χ3v) is 2.59. The largest absolute Gasteiger partial charge is 0.506 e. The molecule has 0 atom stereocenters. The van der Waals surface area contributed by atoms with Gasteiger partial charge in [-0.1, -0.05) is 4.49 Å². The molecule has 0 aliphatic heterocycles. The molecule has 0 radical (unpaired) electrons. The van der Waals surface area contributed by atoms with Crippen LogP contribution < -0.4 is 5.32 Å². The van der Waals surface area contributed by atoms with Crippen LogP contribution in [-0.4, -0.2) is 31.7 Å². The highest BCUT2D eigenvalue weighted by Gasteiger charge is 2.13. The van der Waals surface area contributed by atoms with Gasteiger partial charge in [0.25, 0.3) is 5.91 Å². The number of carboxylic acid groups (broad SMARTS) is 1. The molecule has 0 aliphatic rings. The van der Waals surface area contributed by atoms with E-state index in [4.69, 9.17) is 5.11 Å². The Bertz CT molecular complexity index is 597. The van der Waals surface area contributed by atoms with Crippen molar-refractivity contribution in [2.24, 2.45) is 0 Å². The van der Waals surface area contributed by atoms with Crippen LogP contribution in [0.1, 0.15) is 20.8 Å². The molecule has 0 spiro atoms. The Kier molecular flexibility index (Phi) is 3.20. The van der Waals surface area contributed by atoms with Gasteiger partial charge in [0, 0.05) is 5.38 Å². The normalized spacial score (nSPS) is 10.0. The summed E-state index contributed by atoms with van der Waals surface area (Å²) >= 11 is 1.01. The van der Waals surface area contributed by atoms with E-state index in [1.807, 2.05) is 0 Å². The minimum atomic E-state index is -1.15. The van der Waals surface area contributed by atoms with Crippen molar-refractivity contribution >= 4 is 29.1 Å². The number of amides is 1. The fourth-order valence-electron chi connectivity index (χ4n) is 1.22. The van der Waals surface area contributed by atoms with Gasteiger partial charge in [-0.15, -0.1) is 5.10 Å². The summed E-state index contributed by atoms with van der Waals surface area (Å²) in [6.45, 7) is 0. The number of hydrogen-bond acceptors (Lipinski definition) is 6. The molecule has 0 saturated carbocycles. The number of phenols is 1. The maximum absolute atomic E-state index is 11.6. The van der Waals surface area contributed by atoms with Gasteiger partial charge in [0.05, 0.1) is 11.3 Å². The number of hydrogen-bond donors (Lipinski definition) is 3. The van der Waals surface area contributed by atoms with Crippen molar-refractivity contribution in [3.8, 4) is 5.75 Å². The second kappa shape index (κ2) is 4.80. The van der Waals surface area contributed by atoms with E-state index < -0.39 is 11.9 Å². The third-order valence-electron chi connectivity index (χ3n) is 2.08. The Morgan fingerprint density at radius 1 is 1.33 bits per heavy atom. The van der Waals surface area contributed by atoms with Crippen LogP contribution >= 0.6 is 11.5 Å². The molecule has 0 bridgehead atoms. The fourth-order valence-corrected chi connectivity index (χ4v) is 1.66. The Hall–Kier alpha value is -2.48. The standard InChI is InChI=1S/C10H7N3O4S/c14-8-2-1-5(10(16)17)3-6(8)11-9(15)7-4-18-13-12-7/h1-4,14H,(H,11,15)(H,16,17). The smallest absolute Gasteiger partial charge is 0.335 e. The second-order valence-corrected chi connectivity index (χ2v) is 3.89. The number of carboxylic acids is 1. The van der Waals surface area contributed by atoms with Crippen molar-refractivity contribution in [1.82, 2.24) is 9.59 Å². The lowest BCUT2D eigenvalue weighted by Crippen LogP contribution is -2.13. The number of aromatic hydroxyl groups is 1. The van der Waals surface area contributed by atoms with Crippen LogP contribution in [0.4, 0.5) is 5.69 Å². The first kappa shape index (κ1) is 12.0. The van der Waals surface area contributed by atoms with Gasteiger partial charge < -0.3 is 15.5 Å². The zero-order valence-electron chi connectivity index (χ0n) is 8.82. The van der Waals surface area contributed by atoms with E-state index in [0.29, 0.717) is 0 Å². The van der Waals surface area contributed by atoms with E-state index in [0.717, 1.165) is 17.6 Å². The molecule has 1 amide bonds. The van der Waals surface area contributed by atoms with Crippen LogP contribution in [0.15, 0.2) is 23.6 Å². The number of rotatable bonds is 3. The molecular weight excluding hydrogens is 258 g/mol. The second-order valence-electron chi connectivity index (χ2n) is 3.28. The maximum atomic E-state index is 11.6. The molecule has 3 N–H and O–H groups in total. The van der Waals surface area contributed by atoms with Gasteiger partial charge in [0.2, 0.25) is 0 Å². The minimum absolute atomic E-state index is 0.00731. The lowest BCUT2D eigenvalue weighted by atomic mass is 10.2. The highest BCUT2D eigenvalue weighted by atomic mass is 32.1. The quantitative estimate of drug-likeness (QED) is 0.718. The molecule has 7 nitrogen and oxygen atoms in total. The van der Waals surface area contributed by atoms with E-state index in [9.17, 15) is 14.7 Å². The monoisotopic (exact) mass is 265 g/mol. The Morgan fingerprint density at radius 2 is 2.11 bits per heavy atom. The van der Waals surface area contributed by atoms with Crippen molar-refractivity contribution in [3.05, 3.63) is 34.8 Å². The van der Waals surface area contributed by atoms with Crippen molar-refractivity contribution in [2.45, 2.75) is 0 Å². The predicted octanol–water partition coefficient (Wildman–Crippen LogP) is 1.19. The fraction of sp³-hybridized carbons (Fsp3) is 0. The van der Waals surface area contributed by atoms with Gasteiger partial charge in [-0.05, 0) is 29.7 Å². The Morgan fingerprint density at radius 3 is 2.72 bits per heavy atom. The molecule has 2 rings (SSSR count). The summed E-state index contributed by atoms with van der Waals surface area (Å²) in [5, 5.41) is 25.7. The zero-order chi connectivity index (χ0) is 13.1. The van der Waals surface area contributed by atoms with Crippen LogP contribution in [0.3, 0.4) is 0 Å². The van der Waals surface area contributed by atoms with E-state index >= 15 is 0 Å². The van der Waals surface area contributed by atoms with Crippen LogP contribution in [-0.2, 0) is 0 Å². The number of benzene rings is 1. The van der Waals surface area contributed by atoms with E-state index in [1.165, 1.54) is 17.5 Å². The van der Waals surface area contributed by atoms with Gasteiger partial charge in [0.1, 0.15) is 5.75 Å². The first-order valence-corrected chi connectivity index (χ1v) is 5.56. The third kappa shape index (κ3) is 2.43. The van der Waals surface area contributed by atoms with Gasteiger partial charge in [0.15, 0.2) is 5.69 Å². The number of nitrogens with one attached hydrogen (secondary N) is 1. The van der Waals surface area contributed by atoms with Gasteiger partial charge >= 0.3 is 5.97 Å². The summed E-state index contributed by atoms with van der Waals surface area (Å²) in [4.78, 5) is 22.4. The van der Waals surface area contributed by atoms with E-state index in [-0.39, 0.29) is 22.7 Å². The predicted molar refractivity (Wildman–Crippen MR) is 62.9 cm³/mol. The lowest BCUT2D eigenvalue weighted by Gasteiger charge is -2.06. The molecule has 0 fully saturated rings. The van der Waals surface area contributed by atoms with Crippen molar-refractivity contribution < 1.29 is 19.8 Å². The average Bonchev–Trinajstić information content (AvgIpc) is 2.85. The van der Waals surface area contributed by atoms with E-state index in [1.54, 1.807) is 0 Å². The van der Waals surface area contributed by atoms with Crippen molar-refractivity contribution in [2.75, 3.05) is 5.32 Å². The Labute approximate surface area is 105 Å². The first-order valence-electron chi connectivity index (χ1n) is 4.72. The number of aromatic nitrogens is 2. The molecule has 0 unspecified atom stereocenters. The SMILES string of the molecule is O=C(O)c1ccc(O)c(NC(=O)c2csnn2)c1. The summed E-state index contributed by atoms with van der Waals surface area (Å²) in [6.07, 6.45) is 0. The summed E-state index contributed by atoms with van der Waals surface area (Å²) in [5.41, 5.74) is 0.0625. The van der Waals surface area contributed by atoms with Gasteiger partial charge in [-0.25, -0.2) is 4.79 Å². The zero-order valence-corrected chi connectivity index (χ0v) is 9.64. The van der Waals surface area contributed by atoms with Crippen LogP contribution in [0.25, 0.3) is 0 Å². The summed E-state index contributed by atoms with van der Waals surface area (Å²) in [7, 11) is 0. The Balaban J connectivity index is 2.26. The highest BCUT2D eigenvalue weighted by Crippen LogP contribution is 2.24. The maximum Gasteiger partial charge on any atom is 0.335 e. The molecule has 0 aliphatic carbocycles. The number of phenolic OH excluding ortho intramolecular Hbond substituents is 1. The number of aromatic carboxylic acids is 1. The summed E-state index contributed by atoms with van der Waals surface area (Å²) < 4.78 is 3.53. The average molecular weight is 265 g/mol. The number of nitrogens with zero attached hydrogens (tertiary/aromatic N) is 2. The molecule has 1 aromatic carbocycles. The van der Waals surface area contributed by atoms with E-state index in [2.05, 4.69) is 14.9 Å². The van der Waals surface area contributed by atoms with Crippen LogP contribution in [0.2, 0.25) is 0 Å². The number of anilines is 1. The molecule has 8 heteroatoms. The molecule has 18 heavy (non-hydrogen) atoms. The molecule has 0 saturated heterocycles.